The van der Waals surface area contributed by atoms with E-state index in [1.165, 1.54) is 0 Å². The summed E-state index contributed by atoms with van der Waals surface area (Å²) in [6.45, 7) is 8.17. The molecule has 1 aliphatic heterocycles. The Morgan fingerprint density at radius 3 is 1.95 bits per heavy atom. The summed E-state index contributed by atoms with van der Waals surface area (Å²) >= 11 is 0. The molecule has 1 saturated heterocycles. The first kappa shape index (κ1) is 15.5. The first-order valence-corrected chi connectivity index (χ1v) is 6.82. The zero-order chi connectivity index (χ0) is 15.0. The minimum atomic E-state index is -0.426. The van der Waals surface area contributed by atoms with Crippen LogP contribution in [-0.2, 0) is 18.8 Å². The summed E-state index contributed by atoms with van der Waals surface area (Å²) in [5.41, 5.74) is 1.15. The lowest BCUT2D eigenvalue weighted by molar-refractivity contribution is -0.105. The summed E-state index contributed by atoms with van der Waals surface area (Å²) in [7, 11) is 2.83. The third-order valence-corrected chi connectivity index (χ3v) is 4.19. The van der Waals surface area contributed by atoms with E-state index >= 15 is 0 Å². The Hall–Kier alpha value is -0.875. The maximum Gasteiger partial charge on any atom is 0.495 e. The van der Waals surface area contributed by atoms with E-state index in [1.807, 2.05) is 52.0 Å². The first-order chi connectivity index (χ1) is 9.32. The van der Waals surface area contributed by atoms with Crippen molar-refractivity contribution in [2.45, 2.75) is 45.2 Å². The number of ether oxygens (including phenoxy) is 2. The molecule has 1 fully saturated rings. The molecule has 1 heterocycles. The van der Waals surface area contributed by atoms with Gasteiger partial charge in [-0.2, -0.15) is 0 Å². The monoisotopic (exact) mass is 278 g/mol. The third kappa shape index (κ3) is 2.63. The third-order valence-electron chi connectivity index (χ3n) is 4.19. The van der Waals surface area contributed by atoms with E-state index < -0.39 is 13.4 Å². The second-order valence-electron chi connectivity index (χ2n) is 6.02. The van der Waals surface area contributed by atoms with Crippen LogP contribution in [0, 0.1) is 0 Å². The van der Waals surface area contributed by atoms with Crippen LogP contribution in [-0.4, -0.2) is 32.5 Å². The average Bonchev–Trinajstić information content (AvgIpc) is 2.60. The van der Waals surface area contributed by atoms with Gasteiger partial charge in [-0.15, -0.1) is 0 Å². The van der Waals surface area contributed by atoms with E-state index in [-0.39, 0.29) is 11.2 Å². The molecule has 4 nitrogen and oxygen atoms in total. The van der Waals surface area contributed by atoms with Gasteiger partial charge in [0, 0.05) is 19.8 Å². The fourth-order valence-electron chi connectivity index (χ4n) is 2.26. The Morgan fingerprint density at radius 1 is 0.950 bits per heavy atom. The van der Waals surface area contributed by atoms with E-state index in [0.717, 1.165) is 11.0 Å². The van der Waals surface area contributed by atoms with Gasteiger partial charge in [-0.3, -0.25) is 0 Å². The van der Waals surface area contributed by atoms with Gasteiger partial charge in [0.25, 0.3) is 0 Å². The number of hydrogen-bond acceptors (Lipinski definition) is 4. The molecule has 0 radical (unpaired) electrons. The van der Waals surface area contributed by atoms with Crippen LogP contribution in [0.1, 0.15) is 39.5 Å². The smallest absolute Gasteiger partial charge is 0.399 e. The molecule has 110 valence electrons. The quantitative estimate of drug-likeness (QED) is 0.625. The molecule has 0 aromatic heterocycles. The standard InChI is InChI=1S/C15H23BO4/c1-14(2)15(3,4)20-16(19-14)12-10-8-7-9-11(12)13(17-5)18-6/h7-10,13H,1-6H3. The van der Waals surface area contributed by atoms with Gasteiger partial charge < -0.3 is 18.8 Å². The highest BCUT2D eigenvalue weighted by molar-refractivity contribution is 6.62. The largest absolute Gasteiger partial charge is 0.495 e. The summed E-state index contributed by atoms with van der Waals surface area (Å²) in [5.74, 6) is 0. The van der Waals surface area contributed by atoms with Crippen LogP contribution in [0.2, 0.25) is 0 Å². The first-order valence-electron chi connectivity index (χ1n) is 6.82. The molecule has 0 unspecified atom stereocenters. The average molecular weight is 278 g/mol. The highest BCUT2D eigenvalue weighted by atomic mass is 16.7. The Balaban J connectivity index is 2.36. The van der Waals surface area contributed by atoms with Crippen LogP contribution in [0.25, 0.3) is 0 Å². The van der Waals surface area contributed by atoms with Gasteiger partial charge >= 0.3 is 7.12 Å². The van der Waals surface area contributed by atoms with Gasteiger partial charge in [0.15, 0.2) is 6.29 Å². The molecule has 0 atom stereocenters. The van der Waals surface area contributed by atoms with Crippen molar-refractivity contribution in [1.29, 1.82) is 0 Å². The lowest BCUT2D eigenvalue weighted by Crippen LogP contribution is -2.41. The Bertz CT molecular complexity index is 453. The van der Waals surface area contributed by atoms with E-state index in [4.69, 9.17) is 18.8 Å². The molecule has 2 rings (SSSR count). The van der Waals surface area contributed by atoms with Gasteiger partial charge in [-0.25, -0.2) is 0 Å². The van der Waals surface area contributed by atoms with Crippen molar-refractivity contribution in [2.24, 2.45) is 0 Å². The van der Waals surface area contributed by atoms with Crippen molar-refractivity contribution in [2.75, 3.05) is 14.2 Å². The molecule has 1 aliphatic rings. The molecule has 0 saturated carbocycles. The van der Waals surface area contributed by atoms with E-state index in [0.29, 0.717) is 0 Å². The minimum absolute atomic E-state index is 0.361. The van der Waals surface area contributed by atoms with E-state index in [1.54, 1.807) is 14.2 Å². The van der Waals surface area contributed by atoms with Crippen LogP contribution < -0.4 is 5.46 Å². The maximum absolute atomic E-state index is 6.10. The van der Waals surface area contributed by atoms with Gasteiger partial charge in [-0.05, 0) is 33.2 Å². The van der Waals surface area contributed by atoms with Gasteiger partial charge in [0.2, 0.25) is 0 Å². The molecule has 0 bridgehead atoms. The fraction of sp³-hybridized carbons (Fsp3) is 0.600. The van der Waals surface area contributed by atoms with Crippen molar-refractivity contribution < 1.29 is 18.8 Å². The number of rotatable bonds is 4. The second-order valence-corrected chi connectivity index (χ2v) is 6.02. The zero-order valence-electron chi connectivity index (χ0n) is 13.1. The summed E-state index contributed by atoms with van der Waals surface area (Å²) in [4.78, 5) is 0. The number of benzene rings is 1. The molecular weight excluding hydrogens is 255 g/mol. The summed E-state index contributed by atoms with van der Waals surface area (Å²) < 4.78 is 22.9. The highest BCUT2D eigenvalue weighted by Gasteiger charge is 2.52. The summed E-state index contributed by atoms with van der Waals surface area (Å²) in [6.07, 6.45) is -0.426. The fourth-order valence-corrected chi connectivity index (χ4v) is 2.26. The van der Waals surface area contributed by atoms with E-state index in [9.17, 15) is 0 Å². The number of hydrogen-bond donors (Lipinski definition) is 0. The molecular formula is C15H23BO4. The van der Waals surface area contributed by atoms with Crippen LogP contribution in [0.5, 0.6) is 0 Å². The number of methoxy groups -OCH3 is 2. The second kappa shape index (κ2) is 5.49. The van der Waals surface area contributed by atoms with Gasteiger partial charge in [-0.1, -0.05) is 24.3 Å². The molecule has 1 aromatic carbocycles. The molecule has 0 spiro atoms. The molecule has 20 heavy (non-hydrogen) atoms. The normalized spacial score (nSPS) is 20.6. The van der Waals surface area contributed by atoms with Crippen LogP contribution in [0.4, 0.5) is 0 Å². The van der Waals surface area contributed by atoms with Crippen molar-refractivity contribution in [1.82, 2.24) is 0 Å². The molecule has 0 amide bonds. The SMILES string of the molecule is COC(OC)c1ccccc1B1OC(C)(C)C(C)(C)O1. The predicted molar refractivity (Wildman–Crippen MR) is 78.9 cm³/mol. The van der Waals surface area contributed by atoms with Crippen LogP contribution in [0.3, 0.4) is 0 Å². The van der Waals surface area contributed by atoms with E-state index in [2.05, 4.69) is 0 Å². The van der Waals surface area contributed by atoms with Crippen molar-refractivity contribution >= 4 is 12.6 Å². The van der Waals surface area contributed by atoms with Gasteiger partial charge in [0.1, 0.15) is 0 Å². The minimum Gasteiger partial charge on any atom is -0.399 e. The lowest BCUT2D eigenvalue weighted by atomic mass is 9.76. The van der Waals surface area contributed by atoms with Crippen LogP contribution in [0.15, 0.2) is 24.3 Å². The van der Waals surface area contributed by atoms with Crippen molar-refractivity contribution in [3.8, 4) is 0 Å². The van der Waals surface area contributed by atoms with Gasteiger partial charge in [0.05, 0.1) is 11.2 Å². The Labute approximate surface area is 121 Å². The van der Waals surface area contributed by atoms with Crippen LogP contribution >= 0.6 is 0 Å². The van der Waals surface area contributed by atoms with Crippen molar-refractivity contribution in [3.63, 3.8) is 0 Å². The Morgan fingerprint density at radius 2 is 1.45 bits per heavy atom. The lowest BCUT2D eigenvalue weighted by Gasteiger charge is -2.32. The maximum atomic E-state index is 6.10. The highest BCUT2D eigenvalue weighted by Crippen LogP contribution is 2.37. The predicted octanol–water partition coefficient (Wildman–Crippen LogP) is 2.28. The zero-order valence-corrected chi connectivity index (χ0v) is 13.1. The molecule has 0 aliphatic carbocycles. The Kier molecular flexibility index (Phi) is 4.26. The summed E-state index contributed by atoms with van der Waals surface area (Å²) in [5, 5.41) is 0. The summed E-state index contributed by atoms with van der Waals surface area (Å²) in [6, 6.07) is 7.88. The molecule has 0 N–H and O–H groups in total. The molecule has 5 heteroatoms. The topological polar surface area (TPSA) is 36.9 Å². The van der Waals surface area contributed by atoms with Crippen molar-refractivity contribution in [3.05, 3.63) is 29.8 Å². The molecule has 1 aromatic rings.